The van der Waals surface area contributed by atoms with Crippen molar-refractivity contribution in [3.05, 3.63) is 59.5 Å². The summed E-state index contributed by atoms with van der Waals surface area (Å²) in [6.07, 6.45) is 5.65. The zero-order chi connectivity index (χ0) is 20.5. The third-order valence-corrected chi connectivity index (χ3v) is 5.34. The molecule has 1 aromatic carbocycles. The number of aryl methyl sites for hydroxylation is 2. The van der Waals surface area contributed by atoms with Crippen molar-refractivity contribution >= 4 is 28.4 Å². The summed E-state index contributed by atoms with van der Waals surface area (Å²) < 4.78 is 2.05. The van der Waals surface area contributed by atoms with E-state index < -0.39 is 0 Å². The number of amides is 2. The van der Waals surface area contributed by atoms with Crippen molar-refractivity contribution < 1.29 is 9.59 Å². The van der Waals surface area contributed by atoms with E-state index in [0.717, 1.165) is 40.7 Å². The van der Waals surface area contributed by atoms with Gasteiger partial charge in [-0.2, -0.15) is 0 Å². The summed E-state index contributed by atoms with van der Waals surface area (Å²) in [6, 6.07) is 9.96. The van der Waals surface area contributed by atoms with Gasteiger partial charge < -0.3 is 14.8 Å². The van der Waals surface area contributed by atoms with E-state index in [1.807, 2.05) is 39.2 Å². The second-order valence-corrected chi connectivity index (χ2v) is 7.93. The van der Waals surface area contributed by atoms with E-state index in [9.17, 15) is 9.59 Å². The molecule has 0 fully saturated rings. The van der Waals surface area contributed by atoms with Gasteiger partial charge in [-0.3, -0.25) is 14.6 Å². The van der Waals surface area contributed by atoms with Crippen molar-refractivity contribution in [1.29, 1.82) is 0 Å². The van der Waals surface area contributed by atoms with Crippen LogP contribution < -0.4 is 10.2 Å². The average molecular weight is 390 g/mol. The van der Waals surface area contributed by atoms with Gasteiger partial charge >= 0.3 is 0 Å². The first-order valence-electron chi connectivity index (χ1n) is 10.1. The van der Waals surface area contributed by atoms with Crippen LogP contribution in [0.15, 0.2) is 42.7 Å². The number of aromatic nitrogens is 2. The zero-order valence-corrected chi connectivity index (χ0v) is 17.1. The van der Waals surface area contributed by atoms with Crippen molar-refractivity contribution in [1.82, 2.24) is 14.9 Å². The standard InChI is InChI=1S/C23H26N4O2/c1-15(2)25-23(29)16-11-21-19(24-13-16)8-6-10-27(21)22(28)12-17-14-26(3)20-9-5-4-7-18(17)20/h4-5,7,9,11,13-15H,6,8,10,12H2,1-3H3,(H,25,29). The fraction of sp³-hybridized carbons (Fsp3) is 0.348. The normalized spacial score (nSPS) is 13.6. The minimum absolute atomic E-state index is 0.0329. The number of nitrogens with zero attached hydrogens (tertiary/aromatic N) is 3. The van der Waals surface area contributed by atoms with Gasteiger partial charge in [0.2, 0.25) is 5.91 Å². The van der Waals surface area contributed by atoms with Gasteiger partial charge in [0.05, 0.1) is 23.4 Å². The fourth-order valence-electron chi connectivity index (χ4n) is 3.99. The lowest BCUT2D eigenvalue weighted by atomic mass is 10.0. The van der Waals surface area contributed by atoms with Crippen LogP contribution >= 0.6 is 0 Å². The average Bonchev–Trinajstić information content (AvgIpc) is 3.02. The molecule has 0 saturated carbocycles. The monoisotopic (exact) mass is 390 g/mol. The van der Waals surface area contributed by atoms with Crippen LogP contribution in [0, 0.1) is 0 Å². The first kappa shape index (κ1) is 19.2. The van der Waals surface area contributed by atoms with E-state index in [1.165, 1.54) is 0 Å². The van der Waals surface area contributed by atoms with Gasteiger partial charge in [0.25, 0.3) is 5.91 Å². The van der Waals surface area contributed by atoms with Crippen molar-refractivity contribution in [3.63, 3.8) is 0 Å². The van der Waals surface area contributed by atoms with E-state index in [4.69, 9.17) is 0 Å². The molecule has 2 amide bonds. The molecule has 0 radical (unpaired) electrons. The lowest BCUT2D eigenvalue weighted by Crippen LogP contribution is -2.37. The van der Waals surface area contributed by atoms with E-state index in [0.29, 0.717) is 18.5 Å². The number of anilines is 1. The number of carbonyl (C=O) groups excluding carboxylic acids is 2. The molecule has 1 aliphatic rings. The van der Waals surface area contributed by atoms with Gasteiger partial charge in [0.1, 0.15) is 0 Å². The van der Waals surface area contributed by atoms with Crippen molar-refractivity contribution in [3.8, 4) is 0 Å². The minimum Gasteiger partial charge on any atom is -0.350 e. The first-order chi connectivity index (χ1) is 13.9. The largest absolute Gasteiger partial charge is 0.350 e. The summed E-state index contributed by atoms with van der Waals surface area (Å²) in [5, 5.41) is 3.99. The zero-order valence-electron chi connectivity index (χ0n) is 17.1. The maximum absolute atomic E-state index is 13.2. The Hall–Kier alpha value is -3.15. The molecule has 29 heavy (non-hydrogen) atoms. The van der Waals surface area contributed by atoms with Crippen LogP contribution in [0.4, 0.5) is 5.69 Å². The quantitative estimate of drug-likeness (QED) is 0.744. The van der Waals surface area contributed by atoms with Gasteiger partial charge in [-0.25, -0.2) is 0 Å². The topological polar surface area (TPSA) is 67.2 Å². The predicted octanol–water partition coefficient (Wildman–Crippen LogP) is 3.23. The molecule has 3 aromatic rings. The number of carbonyl (C=O) groups is 2. The Morgan fingerprint density at radius 1 is 1.24 bits per heavy atom. The molecule has 4 rings (SSSR count). The highest BCUT2D eigenvalue weighted by Gasteiger charge is 2.25. The molecule has 6 heteroatoms. The third-order valence-electron chi connectivity index (χ3n) is 5.34. The van der Waals surface area contributed by atoms with E-state index in [-0.39, 0.29) is 17.9 Å². The van der Waals surface area contributed by atoms with Crippen LogP contribution in [-0.4, -0.2) is 34.0 Å². The maximum Gasteiger partial charge on any atom is 0.253 e. The van der Waals surface area contributed by atoms with Gasteiger partial charge in [-0.15, -0.1) is 0 Å². The molecule has 0 aliphatic carbocycles. The second kappa shape index (κ2) is 7.70. The summed E-state index contributed by atoms with van der Waals surface area (Å²) in [5.74, 6) is -0.132. The van der Waals surface area contributed by atoms with E-state index >= 15 is 0 Å². The number of para-hydroxylation sites is 1. The molecule has 2 aromatic heterocycles. The predicted molar refractivity (Wildman–Crippen MR) is 114 cm³/mol. The van der Waals surface area contributed by atoms with Crippen LogP contribution in [0.1, 0.15) is 41.9 Å². The van der Waals surface area contributed by atoms with Crippen molar-refractivity contribution in [2.75, 3.05) is 11.4 Å². The van der Waals surface area contributed by atoms with Crippen molar-refractivity contribution in [2.24, 2.45) is 7.05 Å². The highest BCUT2D eigenvalue weighted by molar-refractivity contribution is 6.00. The number of hydrogen-bond donors (Lipinski definition) is 1. The summed E-state index contributed by atoms with van der Waals surface area (Å²) in [7, 11) is 2.00. The Morgan fingerprint density at radius 2 is 2.03 bits per heavy atom. The molecule has 0 atom stereocenters. The lowest BCUT2D eigenvalue weighted by Gasteiger charge is -2.29. The van der Waals surface area contributed by atoms with Gasteiger partial charge in [-0.05, 0) is 44.4 Å². The minimum atomic E-state index is -0.165. The van der Waals surface area contributed by atoms with Crippen molar-refractivity contribution in [2.45, 2.75) is 39.2 Å². The molecule has 0 bridgehead atoms. The summed E-state index contributed by atoms with van der Waals surface area (Å²) in [6.45, 7) is 4.49. The Kier molecular flexibility index (Phi) is 5.09. The SMILES string of the molecule is CC(C)NC(=O)c1cnc2c(c1)N(C(=O)Cc1cn(C)c3ccccc13)CCC2. The number of hydrogen-bond acceptors (Lipinski definition) is 3. The van der Waals surface area contributed by atoms with Crippen LogP contribution in [-0.2, 0) is 24.7 Å². The van der Waals surface area contributed by atoms with Crippen LogP contribution in [0.2, 0.25) is 0 Å². The number of rotatable bonds is 4. The highest BCUT2D eigenvalue weighted by atomic mass is 16.2. The van der Waals surface area contributed by atoms with Gasteiger partial charge in [0, 0.05) is 42.9 Å². The molecular formula is C23H26N4O2. The summed E-state index contributed by atoms with van der Waals surface area (Å²) in [4.78, 5) is 31.9. The second-order valence-electron chi connectivity index (χ2n) is 7.93. The maximum atomic E-state index is 13.2. The number of nitrogens with one attached hydrogen (secondary N) is 1. The number of fused-ring (bicyclic) bond motifs is 2. The first-order valence-corrected chi connectivity index (χ1v) is 10.1. The van der Waals surface area contributed by atoms with Gasteiger partial charge in [-0.1, -0.05) is 18.2 Å². The van der Waals surface area contributed by atoms with Crippen LogP contribution in [0.3, 0.4) is 0 Å². The lowest BCUT2D eigenvalue weighted by molar-refractivity contribution is -0.118. The highest BCUT2D eigenvalue weighted by Crippen LogP contribution is 2.28. The van der Waals surface area contributed by atoms with Crippen LogP contribution in [0.5, 0.6) is 0 Å². The molecule has 0 spiro atoms. The molecule has 0 saturated heterocycles. The van der Waals surface area contributed by atoms with Gasteiger partial charge in [0.15, 0.2) is 0 Å². The Balaban J connectivity index is 1.63. The molecule has 3 heterocycles. The Morgan fingerprint density at radius 3 is 2.83 bits per heavy atom. The summed E-state index contributed by atoms with van der Waals surface area (Å²) >= 11 is 0. The third kappa shape index (κ3) is 3.75. The molecular weight excluding hydrogens is 364 g/mol. The smallest absolute Gasteiger partial charge is 0.253 e. The summed E-state index contributed by atoms with van der Waals surface area (Å²) in [5.41, 5.74) is 4.26. The molecule has 0 unspecified atom stereocenters. The van der Waals surface area contributed by atoms with E-state index in [1.54, 1.807) is 17.2 Å². The number of pyridine rings is 1. The van der Waals surface area contributed by atoms with Crippen LogP contribution in [0.25, 0.3) is 10.9 Å². The molecule has 1 N–H and O–H groups in total. The Labute approximate surface area is 170 Å². The molecule has 1 aliphatic heterocycles. The Bertz CT molecular complexity index is 1080. The molecule has 6 nitrogen and oxygen atoms in total. The van der Waals surface area contributed by atoms with E-state index in [2.05, 4.69) is 27.0 Å². The number of benzene rings is 1. The fourth-order valence-corrected chi connectivity index (χ4v) is 3.99. The molecule has 150 valence electrons.